The van der Waals surface area contributed by atoms with Crippen LogP contribution < -0.4 is 0 Å². The topological polar surface area (TPSA) is 78.0 Å². The normalized spacial score (nSPS) is 20.5. The molecule has 0 saturated carbocycles. The number of allylic oxidation sites excluding steroid dienone is 1. The van der Waals surface area contributed by atoms with E-state index in [9.17, 15) is 9.59 Å². The number of benzene rings is 1. The quantitative estimate of drug-likeness (QED) is 0.477. The van der Waals surface area contributed by atoms with Gasteiger partial charge in [-0.1, -0.05) is 24.3 Å². The number of carbonyl (C=O) groups is 2. The Bertz CT molecular complexity index is 953. The number of thiazole rings is 1. The predicted octanol–water partition coefficient (Wildman–Crippen LogP) is 3.53. The van der Waals surface area contributed by atoms with Crippen LogP contribution in [0.2, 0.25) is 0 Å². The molecular formula is C23H28N2O5S. The van der Waals surface area contributed by atoms with Gasteiger partial charge in [0.1, 0.15) is 6.10 Å². The van der Waals surface area contributed by atoms with Gasteiger partial charge in [-0.2, -0.15) is 0 Å². The van der Waals surface area contributed by atoms with Gasteiger partial charge in [-0.15, -0.1) is 11.3 Å². The van der Waals surface area contributed by atoms with Gasteiger partial charge in [-0.3, -0.25) is 4.90 Å². The number of ether oxygens (including phenoxy) is 3. The van der Waals surface area contributed by atoms with Gasteiger partial charge in [0, 0.05) is 24.0 Å². The average Bonchev–Trinajstić information content (AvgIpc) is 3.40. The van der Waals surface area contributed by atoms with Gasteiger partial charge in [0.05, 0.1) is 24.9 Å². The number of aryl methyl sites for hydroxylation is 1. The summed E-state index contributed by atoms with van der Waals surface area (Å²) in [7, 11) is 2.73. The van der Waals surface area contributed by atoms with Gasteiger partial charge in [-0.25, -0.2) is 14.6 Å². The van der Waals surface area contributed by atoms with Crippen molar-refractivity contribution in [3.8, 4) is 0 Å². The fraction of sp³-hybridized carbons (Fsp3) is 0.435. The number of aromatic nitrogens is 1. The van der Waals surface area contributed by atoms with Crippen LogP contribution in [0, 0.1) is 6.92 Å². The predicted molar refractivity (Wildman–Crippen MR) is 118 cm³/mol. The molecule has 0 spiro atoms. The second-order valence-corrected chi connectivity index (χ2v) is 8.65. The lowest BCUT2D eigenvalue weighted by molar-refractivity contribution is -0.162. The Morgan fingerprint density at radius 2 is 2.00 bits per heavy atom. The molecule has 1 fully saturated rings. The summed E-state index contributed by atoms with van der Waals surface area (Å²) in [6.07, 6.45) is 1.20. The lowest BCUT2D eigenvalue weighted by Gasteiger charge is -2.27. The lowest BCUT2D eigenvalue weighted by atomic mass is 10.0. The molecule has 1 aromatic heterocycles. The first-order valence-electron chi connectivity index (χ1n) is 10.1. The number of hydrogen-bond donors (Lipinski definition) is 0. The van der Waals surface area contributed by atoms with Crippen LogP contribution >= 0.6 is 11.3 Å². The molecule has 7 nitrogen and oxygen atoms in total. The largest absolute Gasteiger partial charge is 0.466 e. The molecule has 0 amide bonds. The van der Waals surface area contributed by atoms with Crippen molar-refractivity contribution in [1.29, 1.82) is 0 Å². The second kappa shape index (κ2) is 10.2. The zero-order valence-corrected chi connectivity index (χ0v) is 19.3. The summed E-state index contributed by atoms with van der Waals surface area (Å²) in [5.41, 5.74) is 3.77. The van der Waals surface area contributed by atoms with Crippen molar-refractivity contribution in [2.75, 3.05) is 20.8 Å². The standard InChI is InChI=1S/C23H28N2O5S/c1-14(10-21(26)28-4)18-8-6-17(7-9-18)11-15(2)25-12-20(19-13-31-16(3)24-19)30-22(25)23(27)29-5/h6-10,13,15,20,22H,11-12H2,1-5H3. The van der Waals surface area contributed by atoms with E-state index >= 15 is 0 Å². The molecule has 0 N–H and O–H groups in total. The number of rotatable bonds is 7. The van der Waals surface area contributed by atoms with E-state index in [1.807, 2.05) is 48.4 Å². The third-order valence-electron chi connectivity index (χ3n) is 5.38. The van der Waals surface area contributed by atoms with Crippen molar-refractivity contribution in [2.24, 2.45) is 0 Å². The third kappa shape index (κ3) is 5.58. The maximum atomic E-state index is 12.3. The molecule has 1 aliphatic rings. The first-order valence-corrected chi connectivity index (χ1v) is 11.0. The molecule has 1 aromatic carbocycles. The number of hydrogen-bond acceptors (Lipinski definition) is 8. The van der Waals surface area contributed by atoms with Crippen LogP contribution in [0.1, 0.15) is 41.8 Å². The van der Waals surface area contributed by atoms with Crippen LogP contribution in [0.15, 0.2) is 35.7 Å². The maximum Gasteiger partial charge on any atom is 0.350 e. The highest BCUT2D eigenvalue weighted by molar-refractivity contribution is 7.09. The number of esters is 2. The van der Waals surface area contributed by atoms with Gasteiger partial charge in [0.15, 0.2) is 0 Å². The highest BCUT2D eigenvalue weighted by atomic mass is 32.1. The molecule has 3 rings (SSSR count). The Morgan fingerprint density at radius 1 is 1.29 bits per heavy atom. The highest BCUT2D eigenvalue weighted by Gasteiger charge is 2.42. The van der Waals surface area contributed by atoms with E-state index in [2.05, 4.69) is 16.6 Å². The molecule has 166 valence electrons. The van der Waals surface area contributed by atoms with Crippen LogP contribution in [0.5, 0.6) is 0 Å². The lowest BCUT2D eigenvalue weighted by Crippen LogP contribution is -2.44. The first-order chi connectivity index (χ1) is 14.8. The van der Waals surface area contributed by atoms with Crippen LogP contribution in [-0.2, 0) is 30.2 Å². The van der Waals surface area contributed by atoms with Crippen molar-refractivity contribution in [1.82, 2.24) is 9.88 Å². The second-order valence-electron chi connectivity index (χ2n) is 7.59. The molecule has 31 heavy (non-hydrogen) atoms. The molecule has 1 saturated heterocycles. The van der Waals surface area contributed by atoms with Gasteiger partial charge in [0.2, 0.25) is 6.23 Å². The third-order valence-corrected chi connectivity index (χ3v) is 6.17. The van der Waals surface area contributed by atoms with E-state index in [1.165, 1.54) is 20.3 Å². The molecular weight excluding hydrogens is 416 g/mol. The van der Waals surface area contributed by atoms with Crippen LogP contribution in [-0.4, -0.2) is 54.9 Å². The summed E-state index contributed by atoms with van der Waals surface area (Å²) < 4.78 is 15.7. The van der Waals surface area contributed by atoms with Crippen molar-refractivity contribution in [2.45, 2.75) is 45.6 Å². The number of methoxy groups -OCH3 is 2. The summed E-state index contributed by atoms with van der Waals surface area (Å²) in [6.45, 7) is 6.47. The Hall–Kier alpha value is -2.55. The fourth-order valence-electron chi connectivity index (χ4n) is 3.64. The molecule has 2 heterocycles. The monoisotopic (exact) mass is 444 g/mol. The maximum absolute atomic E-state index is 12.3. The summed E-state index contributed by atoms with van der Waals surface area (Å²) in [5, 5.41) is 2.95. The van der Waals surface area contributed by atoms with Crippen LogP contribution in [0.25, 0.3) is 5.57 Å². The molecule has 1 aliphatic heterocycles. The van der Waals surface area contributed by atoms with E-state index in [4.69, 9.17) is 9.47 Å². The molecule has 2 aromatic rings. The van der Waals surface area contributed by atoms with Crippen molar-refractivity contribution in [3.05, 3.63) is 57.6 Å². The number of carbonyl (C=O) groups excluding carboxylic acids is 2. The number of nitrogens with zero attached hydrogens (tertiary/aromatic N) is 2. The fourth-order valence-corrected chi connectivity index (χ4v) is 4.29. The average molecular weight is 445 g/mol. The molecule has 0 radical (unpaired) electrons. The minimum atomic E-state index is -0.753. The zero-order chi connectivity index (χ0) is 22.5. The minimum Gasteiger partial charge on any atom is -0.466 e. The van der Waals surface area contributed by atoms with Gasteiger partial charge >= 0.3 is 11.9 Å². The van der Waals surface area contributed by atoms with E-state index in [-0.39, 0.29) is 18.1 Å². The van der Waals surface area contributed by atoms with E-state index in [0.29, 0.717) is 6.54 Å². The van der Waals surface area contributed by atoms with Crippen LogP contribution in [0.4, 0.5) is 0 Å². The SMILES string of the molecule is COC(=O)C=C(C)c1ccc(CC(C)N2CC(c3csc(C)n3)OC2C(=O)OC)cc1. The molecule has 0 aliphatic carbocycles. The molecule has 3 atom stereocenters. The minimum absolute atomic E-state index is 0.0476. The van der Waals surface area contributed by atoms with Crippen molar-refractivity contribution >= 4 is 28.8 Å². The van der Waals surface area contributed by atoms with Gasteiger partial charge in [-0.05, 0) is 43.9 Å². The Balaban J connectivity index is 1.71. The van der Waals surface area contributed by atoms with Gasteiger partial charge < -0.3 is 14.2 Å². The van der Waals surface area contributed by atoms with Crippen LogP contribution in [0.3, 0.4) is 0 Å². The molecule has 0 bridgehead atoms. The summed E-state index contributed by atoms with van der Waals surface area (Å²) in [4.78, 5) is 30.3. The Kier molecular flexibility index (Phi) is 7.59. The van der Waals surface area contributed by atoms with Gasteiger partial charge in [0.25, 0.3) is 0 Å². The van der Waals surface area contributed by atoms with E-state index < -0.39 is 12.2 Å². The van der Waals surface area contributed by atoms with E-state index in [0.717, 1.165) is 33.8 Å². The summed E-state index contributed by atoms with van der Waals surface area (Å²) in [6, 6.07) is 8.08. The highest BCUT2D eigenvalue weighted by Crippen LogP contribution is 2.32. The zero-order valence-electron chi connectivity index (χ0n) is 18.5. The summed E-state index contributed by atoms with van der Waals surface area (Å²) in [5.74, 6) is -0.775. The smallest absolute Gasteiger partial charge is 0.350 e. The molecule has 3 unspecified atom stereocenters. The van der Waals surface area contributed by atoms with Crippen molar-refractivity contribution < 1.29 is 23.8 Å². The Morgan fingerprint density at radius 3 is 2.58 bits per heavy atom. The van der Waals surface area contributed by atoms with Crippen molar-refractivity contribution in [3.63, 3.8) is 0 Å². The summed E-state index contributed by atoms with van der Waals surface area (Å²) >= 11 is 1.57. The van der Waals surface area contributed by atoms with E-state index in [1.54, 1.807) is 11.3 Å². The Labute approximate surface area is 186 Å². The molecule has 8 heteroatoms. The first kappa shape index (κ1) is 23.1.